The Labute approximate surface area is 117 Å². The Bertz CT molecular complexity index is 686. The Morgan fingerprint density at radius 2 is 1.85 bits per heavy atom. The zero-order valence-corrected chi connectivity index (χ0v) is 11.3. The molecule has 0 saturated carbocycles. The fourth-order valence-electron chi connectivity index (χ4n) is 2.06. The summed E-state index contributed by atoms with van der Waals surface area (Å²) in [6.07, 6.45) is 3.73. The minimum absolute atomic E-state index is 0.256. The Balaban J connectivity index is 1.88. The number of aryl methyl sites for hydroxylation is 1. The number of hydrogen-bond donors (Lipinski definition) is 1. The predicted molar refractivity (Wildman–Crippen MR) is 78.6 cm³/mol. The summed E-state index contributed by atoms with van der Waals surface area (Å²) in [5.74, 6) is 0. The second kappa shape index (κ2) is 5.27. The van der Waals surface area contributed by atoms with Gasteiger partial charge in [0.05, 0.1) is 17.4 Å². The van der Waals surface area contributed by atoms with Gasteiger partial charge in [-0.2, -0.15) is 5.10 Å². The van der Waals surface area contributed by atoms with Gasteiger partial charge in [-0.05, 0) is 36.8 Å². The van der Waals surface area contributed by atoms with Crippen LogP contribution in [0.1, 0.15) is 23.0 Å². The Hall–Kier alpha value is -2.46. The summed E-state index contributed by atoms with van der Waals surface area (Å²) in [5.41, 5.74) is 10.0. The lowest BCUT2D eigenvalue weighted by atomic mass is 10.1. The molecule has 0 radical (unpaired) electrons. The average Bonchev–Trinajstić information content (AvgIpc) is 2.98. The number of nitrogens with two attached hydrogens (primary N) is 1. The van der Waals surface area contributed by atoms with Gasteiger partial charge in [0.25, 0.3) is 0 Å². The van der Waals surface area contributed by atoms with E-state index in [0.29, 0.717) is 0 Å². The third-order valence-corrected chi connectivity index (χ3v) is 3.24. The van der Waals surface area contributed by atoms with Crippen molar-refractivity contribution in [3.8, 4) is 5.69 Å². The highest BCUT2D eigenvalue weighted by molar-refractivity contribution is 5.32. The van der Waals surface area contributed by atoms with Gasteiger partial charge in [-0.25, -0.2) is 4.68 Å². The van der Waals surface area contributed by atoms with Crippen molar-refractivity contribution in [2.75, 3.05) is 0 Å². The summed E-state index contributed by atoms with van der Waals surface area (Å²) in [6.45, 7) is 1.96. The highest BCUT2D eigenvalue weighted by Gasteiger charge is 2.12. The minimum atomic E-state index is -0.256. The Morgan fingerprint density at radius 1 is 1.05 bits per heavy atom. The standard InChI is InChI=1S/C16H16N4/c1-12-7-8-13(11-18-12)16(17)15-9-10-20(19-15)14-5-3-2-4-6-14/h2-11,16H,17H2,1H3. The molecule has 0 aliphatic heterocycles. The summed E-state index contributed by atoms with van der Waals surface area (Å²) in [7, 11) is 0. The summed E-state index contributed by atoms with van der Waals surface area (Å²) < 4.78 is 1.83. The summed E-state index contributed by atoms with van der Waals surface area (Å²) >= 11 is 0. The van der Waals surface area contributed by atoms with E-state index in [9.17, 15) is 0 Å². The molecule has 0 aliphatic carbocycles. The number of benzene rings is 1. The lowest BCUT2D eigenvalue weighted by molar-refractivity contribution is 0.769. The molecule has 1 unspecified atom stereocenters. The maximum absolute atomic E-state index is 6.24. The first-order valence-corrected chi connectivity index (χ1v) is 6.53. The Morgan fingerprint density at radius 3 is 2.55 bits per heavy atom. The van der Waals surface area contributed by atoms with E-state index in [0.717, 1.165) is 22.6 Å². The van der Waals surface area contributed by atoms with E-state index < -0.39 is 0 Å². The molecule has 0 amide bonds. The molecule has 100 valence electrons. The molecular formula is C16H16N4. The number of pyridine rings is 1. The van der Waals surface area contributed by atoms with Crippen molar-refractivity contribution in [2.45, 2.75) is 13.0 Å². The van der Waals surface area contributed by atoms with Gasteiger partial charge in [-0.3, -0.25) is 4.98 Å². The van der Waals surface area contributed by atoms with E-state index in [1.807, 2.05) is 72.5 Å². The van der Waals surface area contributed by atoms with Crippen molar-refractivity contribution < 1.29 is 0 Å². The molecule has 2 heterocycles. The van der Waals surface area contributed by atoms with Gasteiger partial charge in [0, 0.05) is 18.1 Å². The zero-order valence-electron chi connectivity index (χ0n) is 11.3. The van der Waals surface area contributed by atoms with Crippen molar-refractivity contribution in [3.63, 3.8) is 0 Å². The lowest BCUT2D eigenvalue weighted by Gasteiger charge is -2.09. The number of para-hydroxylation sites is 1. The van der Waals surface area contributed by atoms with Crippen LogP contribution in [0.4, 0.5) is 0 Å². The fraction of sp³-hybridized carbons (Fsp3) is 0.125. The van der Waals surface area contributed by atoms with Gasteiger partial charge in [-0.1, -0.05) is 24.3 Å². The zero-order chi connectivity index (χ0) is 13.9. The number of rotatable bonds is 3. The molecule has 3 rings (SSSR count). The van der Waals surface area contributed by atoms with E-state index in [2.05, 4.69) is 10.1 Å². The average molecular weight is 264 g/mol. The minimum Gasteiger partial charge on any atom is -0.319 e. The monoisotopic (exact) mass is 264 g/mol. The van der Waals surface area contributed by atoms with Crippen LogP contribution in [0.15, 0.2) is 60.9 Å². The van der Waals surface area contributed by atoms with Gasteiger partial charge in [0.15, 0.2) is 0 Å². The molecule has 1 atom stereocenters. The van der Waals surface area contributed by atoms with E-state index in [-0.39, 0.29) is 6.04 Å². The van der Waals surface area contributed by atoms with Gasteiger partial charge in [-0.15, -0.1) is 0 Å². The van der Waals surface area contributed by atoms with E-state index in [1.165, 1.54) is 0 Å². The van der Waals surface area contributed by atoms with Crippen LogP contribution in [0.5, 0.6) is 0 Å². The predicted octanol–water partition coefficient (Wildman–Crippen LogP) is 2.62. The largest absolute Gasteiger partial charge is 0.319 e. The van der Waals surface area contributed by atoms with Crippen molar-refractivity contribution in [3.05, 3.63) is 77.9 Å². The first-order valence-electron chi connectivity index (χ1n) is 6.53. The molecule has 1 aromatic carbocycles. The van der Waals surface area contributed by atoms with Crippen LogP contribution in [0.25, 0.3) is 5.69 Å². The quantitative estimate of drug-likeness (QED) is 0.791. The van der Waals surface area contributed by atoms with Crippen LogP contribution in [-0.4, -0.2) is 14.8 Å². The molecule has 2 aromatic heterocycles. The van der Waals surface area contributed by atoms with Crippen molar-refractivity contribution in [1.29, 1.82) is 0 Å². The third-order valence-electron chi connectivity index (χ3n) is 3.24. The number of aromatic nitrogens is 3. The van der Waals surface area contributed by atoms with Crippen molar-refractivity contribution in [2.24, 2.45) is 5.73 Å². The molecule has 0 spiro atoms. The molecule has 0 saturated heterocycles. The second-order valence-electron chi connectivity index (χ2n) is 4.73. The van der Waals surface area contributed by atoms with Crippen molar-refractivity contribution in [1.82, 2.24) is 14.8 Å². The SMILES string of the molecule is Cc1ccc(C(N)c2ccn(-c3ccccc3)n2)cn1. The summed E-state index contributed by atoms with van der Waals surface area (Å²) in [6, 6.07) is 15.6. The molecule has 0 aliphatic rings. The smallest absolute Gasteiger partial charge is 0.0842 e. The number of hydrogen-bond acceptors (Lipinski definition) is 3. The van der Waals surface area contributed by atoms with Crippen LogP contribution < -0.4 is 5.73 Å². The summed E-state index contributed by atoms with van der Waals surface area (Å²) in [4.78, 5) is 4.28. The molecule has 4 nitrogen and oxygen atoms in total. The highest BCUT2D eigenvalue weighted by Crippen LogP contribution is 2.18. The third kappa shape index (κ3) is 2.46. The van der Waals surface area contributed by atoms with Crippen LogP contribution in [-0.2, 0) is 0 Å². The molecule has 3 aromatic rings. The summed E-state index contributed by atoms with van der Waals surface area (Å²) in [5, 5.41) is 4.54. The van der Waals surface area contributed by atoms with Crippen molar-refractivity contribution >= 4 is 0 Å². The van der Waals surface area contributed by atoms with Crippen LogP contribution >= 0.6 is 0 Å². The molecule has 2 N–H and O–H groups in total. The van der Waals surface area contributed by atoms with E-state index in [1.54, 1.807) is 0 Å². The van der Waals surface area contributed by atoms with E-state index in [4.69, 9.17) is 5.73 Å². The van der Waals surface area contributed by atoms with Gasteiger partial charge in [0.2, 0.25) is 0 Å². The van der Waals surface area contributed by atoms with Crippen LogP contribution in [0, 0.1) is 6.92 Å². The normalized spacial score (nSPS) is 12.3. The maximum Gasteiger partial charge on any atom is 0.0842 e. The topological polar surface area (TPSA) is 56.7 Å². The van der Waals surface area contributed by atoms with Gasteiger partial charge < -0.3 is 5.73 Å². The fourth-order valence-corrected chi connectivity index (χ4v) is 2.06. The molecule has 20 heavy (non-hydrogen) atoms. The molecule has 0 fully saturated rings. The number of nitrogens with zero attached hydrogens (tertiary/aromatic N) is 3. The van der Waals surface area contributed by atoms with E-state index >= 15 is 0 Å². The van der Waals surface area contributed by atoms with Gasteiger partial charge in [0.1, 0.15) is 0 Å². The first-order chi connectivity index (χ1) is 9.74. The lowest BCUT2D eigenvalue weighted by Crippen LogP contribution is -2.13. The highest BCUT2D eigenvalue weighted by atomic mass is 15.3. The van der Waals surface area contributed by atoms with Gasteiger partial charge >= 0.3 is 0 Å². The molecule has 0 bridgehead atoms. The molecule has 4 heteroatoms. The first kappa shape index (κ1) is 12.6. The van der Waals surface area contributed by atoms with Crippen LogP contribution in [0.3, 0.4) is 0 Å². The molecular weight excluding hydrogens is 248 g/mol. The van der Waals surface area contributed by atoms with Crippen LogP contribution in [0.2, 0.25) is 0 Å². The Kier molecular flexibility index (Phi) is 3.31. The maximum atomic E-state index is 6.24. The second-order valence-corrected chi connectivity index (χ2v) is 4.73.